The van der Waals surface area contributed by atoms with Gasteiger partial charge >= 0.3 is 0 Å². The average molecular weight is 275 g/mol. The summed E-state index contributed by atoms with van der Waals surface area (Å²) in [5, 5.41) is 0. The van der Waals surface area contributed by atoms with E-state index in [9.17, 15) is 13.6 Å². The van der Waals surface area contributed by atoms with Crippen LogP contribution in [-0.2, 0) is 0 Å². The average Bonchev–Trinajstić information content (AvgIpc) is 2.44. The lowest BCUT2D eigenvalue weighted by atomic mass is 10.1. The van der Waals surface area contributed by atoms with Crippen molar-refractivity contribution in [3.63, 3.8) is 0 Å². The van der Waals surface area contributed by atoms with Crippen LogP contribution in [0, 0.1) is 18.6 Å². The smallest absolute Gasteiger partial charge is 0.258 e. The number of hydrogen-bond acceptors (Lipinski definition) is 1. The van der Waals surface area contributed by atoms with Crippen LogP contribution in [0.4, 0.5) is 14.5 Å². The van der Waals surface area contributed by atoms with Crippen LogP contribution in [-0.4, -0.2) is 12.5 Å². The first kappa shape index (κ1) is 14.2. The van der Waals surface area contributed by atoms with Crippen LogP contribution in [0.1, 0.15) is 22.8 Å². The molecule has 20 heavy (non-hydrogen) atoms. The Morgan fingerprint density at radius 1 is 1.10 bits per heavy atom. The Hall–Kier alpha value is -2.23. The van der Waals surface area contributed by atoms with Crippen molar-refractivity contribution < 1.29 is 13.6 Å². The van der Waals surface area contributed by atoms with Crippen LogP contribution >= 0.6 is 0 Å². The molecule has 2 aromatic rings. The minimum absolute atomic E-state index is 0.234. The molecule has 0 aromatic heterocycles. The normalized spacial score (nSPS) is 10.4. The first-order valence-corrected chi connectivity index (χ1v) is 6.36. The van der Waals surface area contributed by atoms with E-state index in [1.54, 1.807) is 19.1 Å². The second-order valence-corrected chi connectivity index (χ2v) is 4.49. The van der Waals surface area contributed by atoms with Crippen LogP contribution in [0.2, 0.25) is 0 Å². The van der Waals surface area contributed by atoms with Gasteiger partial charge in [0, 0.05) is 17.8 Å². The van der Waals surface area contributed by atoms with Crippen molar-refractivity contribution in [3.05, 3.63) is 65.2 Å². The van der Waals surface area contributed by atoms with E-state index in [0.717, 1.165) is 0 Å². The summed E-state index contributed by atoms with van der Waals surface area (Å²) < 4.78 is 26.2. The van der Waals surface area contributed by atoms with E-state index in [1.165, 1.54) is 35.2 Å². The predicted octanol–water partition coefficient (Wildman–Crippen LogP) is 3.94. The number of anilines is 1. The third kappa shape index (κ3) is 2.85. The van der Waals surface area contributed by atoms with Gasteiger partial charge in [-0.1, -0.05) is 0 Å². The molecule has 0 aliphatic heterocycles. The maximum atomic E-state index is 13.2. The molecule has 0 aliphatic rings. The molecule has 104 valence electrons. The Labute approximate surface area is 116 Å². The lowest BCUT2D eigenvalue weighted by Gasteiger charge is -2.21. The van der Waals surface area contributed by atoms with Gasteiger partial charge in [-0.3, -0.25) is 4.79 Å². The fourth-order valence-corrected chi connectivity index (χ4v) is 2.00. The number of carbonyl (C=O) groups is 1. The number of halogens is 2. The molecule has 0 N–H and O–H groups in total. The fourth-order valence-electron chi connectivity index (χ4n) is 2.00. The standard InChI is InChI=1S/C16H15F2NO/c1-3-19(14-7-5-13(17)6-8-14)16(20)12-4-9-15(18)11(2)10-12/h4-10H,3H2,1-2H3. The molecular formula is C16H15F2NO. The van der Waals surface area contributed by atoms with Crippen LogP contribution in [0.15, 0.2) is 42.5 Å². The first-order valence-electron chi connectivity index (χ1n) is 6.36. The summed E-state index contributed by atoms with van der Waals surface area (Å²) in [6.45, 7) is 3.89. The van der Waals surface area contributed by atoms with Crippen molar-refractivity contribution in [2.45, 2.75) is 13.8 Å². The number of benzene rings is 2. The van der Waals surface area contributed by atoms with E-state index in [2.05, 4.69) is 0 Å². The SMILES string of the molecule is CCN(C(=O)c1ccc(F)c(C)c1)c1ccc(F)cc1. The Bertz CT molecular complexity index is 623. The molecule has 0 fully saturated rings. The van der Waals surface area contributed by atoms with Crippen LogP contribution in [0.5, 0.6) is 0 Å². The zero-order chi connectivity index (χ0) is 14.7. The van der Waals surface area contributed by atoms with E-state index >= 15 is 0 Å². The number of nitrogens with zero attached hydrogens (tertiary/aromatic N) is 1. The molecule has 0 unspecified atom stereocenters. The Morgan fingerprint density at radius 2 is 1.75 bits per heavy atom. The van der Waals surface area contributed by atoms with Crippen LogP contribution in [0.25, 0.3) is 0 Å². The molecule has 1 amide bonds. The van der Waals surface area contributed by atoms with E-state index < -0.39 is 0 Å². The molecule has 2 aromatic carbocycles. The largest absolute Gasteiger partial charge is 0.309 e. The summed E-state index contributed by atoms with van der Waals surface area (Å²) in [4.78, 5) is 14.0. The fraction of sp³-hybridized carbons (Fsp3) is 0.188. The van der Waals surface area contributed by atoms with Crippen LogP contribution in [0.3, 0.4) is 0 Å². The first-order chi connectivity index (χ1) is 9.52. The van der Waals surface area contributed by atoms with Gasteiger partial charge in [0.15, 0.2) is 0 Å². The molecule has 4 heteroatoms. The highest BCUT2D eigenvalue weighted by atomic mass is 19.1. The molecule has 0 heterocycles. The maximum absolute atomic E-state index is 13.2. The maximum Gasteiger partial charge on any atom is 0.258 e. The van der Waals surface area contributed by atoms with Crippen LogP contribution < -0.4 is 4.90 Å². The molecule has 0 saturated heterocycles. The summed E-state index contributed by atoms with van der Waals surface area (Å²) >= 11 is 0. The number of amides is 1. The lowest BCUT2D eigenvalue weighted by Crippen LogP contribution is -2.30. The Kier molecular flexibility index (Phi) is 4.13. The van der Waals surface area contributed by atoms with Gasteiger partial charge < -0.3 is 4.90 Å². The molecule has 0 aliphatic carbocycles. The van der Waals surface area contributed by atoms with Crippen molar-refractivity contribution in [1.29, 1.82) is 0 Å². The molecule has 0 bridgehead atoms. The highest BCUT2D eigenvalue weighted by Gasteiger charge is 2.16. The van der Waals surface area contributed by atoms with Crippen molar-refractivity contribution in [1.82, 2.24) is 0 Å². The third-order valence-electron chi connectivity index (χ3n) is 3.10. The quantitative estimate of drug-likeness (QED) is 0.830. The second-order valence-electron chi connectivity index (χ2n) is 4.49. The van der Waals surface area contributed by atoms with Gasteiger partial charge in [-0.2, -0.15) is 0 Å². The Balaban J connectivity index is 2.33. The van der Waals surface area contributed by atoms with Gasteiger partial charge in [0.25, 0.3) is 5.91 Å². The Morgan fingerprint density at radius 3 is 2.30 bits per heavy atom. The van der Waals surface area contributed by atoms with Gasteiger partial charge in [-0.15, -0.1) is 0 Å². The van der Waals surface area contributed by atoms with E-state index in [-0.39, 0.29) is 17.5 Å². The number of hydrogen-bond donors (Lipinski definition) is 0. The predicted molar refractivity (Wildman–Crippen MR) is 74.9 cm³/mol. The molecule has 0 radical (unpaired) electrons. The topological polar surface area (TPSA) is 20.3 Å². The van der Waals surface area contributed by atoms with Gasteiger partial charge in [-0.25, -0.2) is 8.78 Å². The van der Waals surface area contributed by atoms with Crippen molar-refractivity contribution >= 4 is 11.6 Å². The van der Waals surface area contributed by atoms with Gasteiger partial charge in [-0.05, 0) is 61.9 Å². The monoisotopic (exact) mass is 275 g/mol. The van der Waals surface area contributed by atoms with Gasteiger partial charge in [0.05, 0.1) is 0 Å². The summed E-state index contributed by atoms with van der Waals surface area (Å²) in [5.74, 6) is -0.927. The molecule has 0 spiro atoms. The summed E-state index contributed by atoms with van der Waals surface area (Å²) in [6.07, 6.45) is 0. The zero-order valence-electron chi connectivity index (χ0n) is 11.4. The van der Waals surface area contributed by atoms with Crippen molar-refractivity contribution in [3.8, 4) is 0 Å². The highest BCUT2D eigenvalue weighted by molar-refractivity contribution is 6.06. The second kappa shape index (κ2) is 5.82. The van der Waals surface area contributed by atoms with E-state index in [0.29, 0.717) is 23.4 Å². The number of rotatable bonds is 3. The summed E-state index contributed by atoms with van der Waals surface area (Å²) in [6, 6.07) is 9.96. The summed E-state index contributed by atoms with van der Waals surface area (Å²) in [7, 11) is 0. The number of carbonyl (C=O) groups excluding carboxylic acids is 1. The van der Waals surface area contributed by atoms with Crippen molar-refractivity contribution in [2.75, 3.05) is 11.4 Å². The minimum atomic E-state index is -0.352. The molecule has 0 saturated carbocycles. The lowest BCUT2D eigenvalue weighted by molar-refractivity contribution is 0.0988. The van der Waals surface area contributed by atoms with E-state index in [4.69, 9.17) is 0 Å². The summed E-state index contributed by atoms with van der Waals surface area (Å²) in [5.41, 5.74) is 1.45. The molecule has 2 rings (SSSR count). The molecule has 2 nitrogen and oxygen atoms in total. The van der Waals surface area contributed by atoms with E-state index in [1.807, 2.05) is 6.92 Å². The number of aryl methyl sites for hydroxylation is 1. The zero-order valence-corrected chi connectivity index (χ0v) is 11.4. The third-order valence-corrected chi connectivity index (χ3v) is 3.10. The van der Waals surface area contributed by atoms with Gasteiger partial charge in [0.2, 0.25) is 0 Å². The molecule has 0 atom stereocenters. The van der Waals surface area contributed by atoms with Crippen molar-refractivity contribution in [2.24, 2.45) is 0 Å². The minimum Gasteiger partial charge on any atom is -0.309 e. The highest BCUT2D eigenvalue weighted by Crippen LogP contribution is 2.19. The van der Waals surface area contributed by atoms with Gasteiger partial charge in [0.1, 0.15) is 11.6 Å². The molecular weight excluding hydrogens is 260 g/mol.